The Kier molecular flexibility index (Phi) is 3.03. The highest BCUT2D eigenvalue weighted by atomic mass is 35.5. The summed E-state index contributed by atoms with van der Waals surface area (Å²) in [6.07, 6.45) is 1.41. The van der Waals surface area contributed by atoms with Crippen LogP contribution in [0.25, 0.3) is 5.69 Å². The third kappa shape index (κ3) is 2.05. The fourth-order valence-corrected chi connectivity index (χ4v) is 1.74. The van der Waals surface area contributed by atoms with Gasteiger partial charge in [0, 0.05) is 18.3 Å². The third-order valence-electron chi connectivity index (χ3n) is 2.33. The van der Waals surface area contributed by atoms with Crippen molar-refractivity contribution in [2.75, 3.05) is 0 Å². The van der Waals surface area contributed by atoms with Gasteiger partial charge >= 0.3 is 0 Å². The molecule has 1 aromatic heterocycles. The maximum absolute atomic E-state index is 11.7. The molecular formula is C11H7ClN2O4. The average molecular weight is 267 g/mol. The molecule has 2 rings (SSSR count). The fourth-order valence-electron chi connectivity index (χ4n) is 1.48. The molecule has 0 saturated carbocycles. The molecule has 92 valence electrons. The summed E-state index contributed by atoms with van der Waals surface area (Å²) in [5.74, 6) is -0.424. The highest BCUT2D eigenvalue weighted by Gasteiger charge is 2.12. The summed E-state index contributed by atoms with van der Waals surface area (Å²) in [5, 5.41) is 19.9. The van der Waals surface area contributed by atoms with Crippen molar-refractivity contribution in [2.45, 2.75) is 0 Å². The molecule has 0 fully saturated rings. The summed E-state index contributed by atoms with van der Waals surface area (Å²) >= 11 is 5.89. The number of nitro groups is 1. The van der Waals surface area contributed by atoms with E-state index in [4.69, 9.17) is 11.6 Å². The molecule has 2 aromatic rings. The minimum Gasteiger partial charge on any atom is -0.503 e. The van der Waals surface area contributed by atoms with E-state index in [0.29, 0.717) is 0 Å². The highest BCUT2D eigenvalue weighted by molar-refractivity contribution is 6.32. The fraction of sp³-hybridized carbons (Fsp3) is 0. The Morgan fingerprint density at radius 2 is 2.06 bits per heavy atom. The maximum atomic E-state index is 11.7. The van der Waals surface area contributed by atoms with Gasteiger partial charge in [0.2, 0.25) is 0 Å². The molecule has 7 heteroatoms. The van der Waals surface area contributed by atoms with Crippen LogP contribution in [0.1, 0.15) is 0 Å². The van der Waals surface area contributed by atoms with E-state index in [1.807, 2.05) is 0 Å². The van der Waals surface area contributed by atoms with Gasteiger partial charge in [-0.1, -0.05) is 11.6 Å². The Morgan fingerprint density at radius 1 is 1.33 bits per heavy atom. The van der Waals surface area contributed by atoms with Crippen LogP contribution in [0, 0.1) is 10.1 Å². The molecule has 0 aliphatic heterocycles. The smallest absolute Gasteiger partial charge is 0.297 e. The zero-order chi connectivity index (χ0) is 13.3. The Balaban J connectivity index is 2.62. The first kappa shape index (κ1) is 12.1. The van der Waals surface area contributed by atoms with E-state index >= 15 is 0 Å². The summed E-state index contributed by atoms with van der Waals surface area (Å²) in [4.78, 5) is 21.6. The molecule has 18 heavy (non-hydrogen) atoms. The van der Waals surface area contributed by atoms with Crippen LogP contribution in [-0.2, 0) is 0 Å². The number of rotatable bonds is 2. The number of non-ortho nitro benzene ring substituents is 1. The van der Waals surface area contributed by atoms with Crippen LogP contribution >= 0.6 is 11.6 Å². The van der Waals surface area contributed by atoms with Gasteiger partial charge in [0.15, 0.2) is 5.75 Å². The number of hydrogen-bond acceptors (Lipinski definition) is 4. The minimum absolute atomic E-state index is 0.0527. The van der Waals surface area contributed by atoms with Crippen LogP contribution in [0.3, 0.4) is 0 Å². The molecule has 0 unspecified atom stereocenters. The summed E-state index contributed by atoms with van der Waals surface area (Å²) < 4.78 is 1.11. The lowest BCUT2D eigenvalue weighted by Crippen LogP contribution is -2.16. The second kappa shape index (κ2) is 4.50. The van der Waals surface area contributed by atoms with Gasteiger partial charge in [-0.2, -0.15) is 0 Å². The van der Waals surface area contributed by atoms with E-state index < -0.39 is 16.2 Å². The summed E-state index contributed by atoms with van der Waals surface area (Å²) in [7, 11) is 0. The van der Waals surface area contributed by atoms with Crippen molar-refractivity contribution in [3.63, 3.8) is 0 Å². The quantitative estimate of drug-likeness (QED) is 0.666. The first-order valence-electron chi connectivity index (χ1n) is 4.85. The van der Waals surface area contributed by atoms with Gasteiger partial charge in [-0.05, 0) is 18.2 Å². The van der Waals surface area contributed by atoms with Crippen LogP contribution in [0.4, 0.5) is 5.69 Å². The standard InChI is InChI=1S/C11H7ClN2O4/c12-8-6-7(14(17)18)3-4-9(8)13-5-1-2-10(15)11(13)16/h1-6,15H. The average Bonchev–Trinajstić information content (AvgIpc) is 2.33. The largest absolute Gasteiger partial charge is 0.503 e. The second-order valence-electron chi connectivity index (χ2n) is 3.46. The molecule has 0 aliphatic rings. The molecule has 0 atom stereocenters. The van der Waals surface area contributed by atoms with E-state index in [-0.39, 0.29) is 16.4 Å². The number of hydrogen-bond donors (Lipinski definition) is 1. The number of nitrogens with zero attached hydrogens (tertiary/aromatic N) is 2. The first-order valence-corrected chi connectivity index (χ1v) is 5.23. The van der Waals surface area contributed by atoms with Crippen molar-refractivity contribution in [2.24, 2.45) is 0 Å². The summed E-state index contributed by atoms with van der Waals surface area (Å²) in [6, 6.07) is 6.44. The van der Waals surface area contributed by atoms with Crippen LogP contribution in [0.15, 0.2) is 41.3 Å². The topological polar surface area (TPSA) is 85.4 Å². The monoisotopic (exact) mass is 266 g/mol. The molecule has 0 saturated heterocycles. The van der Waals surface area contributed by atoms with Gasteiger partial charge in [0.25, 0.3) is 11.2 Å². The number of pyridine rings is 1. The van der Waals surface area contributed by atoms with E-state index in [1.54, 1.807) is 0 Å². The lowest BCUT2D eigenvalue weighted by Gasteiger charge is -2.07. The van der Waals surface area contributed by atoms with Crippen LogP contribution in [0.5, 0.6) is 5.75 Å². The maximum Gasteiger partial charge on any atom is 0.297 e. The van der Waals surface area contributed by atoms with E-state index in [9.17, 15) is 20.0 Å². The van der Waals surface area contributed by atoms with Gasteiger partial charge in [-0.3, -0.25) is 19.5 Å². The van der Waals surface area contributed by atoms with E-state index in [1.165, 1.54) is 30.5 Å². The van der Waals surface area contributed by atoms with Crippen molar-refractivity contribution in [1.82, 2.24) is 4.57 Å². The molecule has 0 spiro atoms. The Hall–Kier alpha value is -2.34. The van der Waals surface area contributed by atoms with Gasteiger partial charge < -0.3 is 5.11 Å². The molecule has 6 nitrogen and oxygen atoms in total. The Morgan fingerprint density at radius 3 is 2.67 bits per heavy atom. The molecule has 0 aliphatic carbocycles. The minimum atomic E-state index is -0.645. The van der Waals surface area contributed by atoms with Crippen molar-refractivity contribution in [3.8, 4) is 11.4 Å². The zero-order valence-corrected chi connectivity index (χ0v) is 9.66. The predicted molar refractivity (Wildman–Crippen MR) is 65.4 cm³/mol. The second-order valence-corrected chi connectivity index (χ2v) is 3.87. The van der Waals surface area contributed by atoms with Crippen molar-refractivity contribution in [1.29, 1.82) is 0 Å². The molecular weight excluding hydrogens is 260 g/mol. The number of aromatic hydroxyl groups is 1. The first-order chi connectivity index (χ1) is 8.50. The van der Waals surface area contributed by atoms with E-state index in [2.05, 4.69) is 0 Å². The summed E-state index contributed by atoms with van der Waals surface area (Å²) in [5.41, 5.74) is -0.548. The van der Waals surface area contributed by atoms with Crippen LogP contribution < -0.4 is 5.56 Å². The van der Waals surface area contributed by atoms with Crippen molar-refractivity contribution < 1.29 is 10.0 Å². The zero-order valence-electron chi connectivity index (χ0n) is 8.91. The normalized spacial score (nSPS) is 10.3. The predicted octanol–water partition coefficient (Wildman–Crippen LogP) is 2.10. The molecule has 0 amide bonds. The van der Waals surface area contributed by atoms with Crippen molar-refractivity contribution >= 4 is 17.3 Å². The molecule has 0 bridgehead atoms. The molecule has 1 heterocycles. The van der Waals surface area contributed by atoms with E-state index in [0.717, 1.165) is 10.6 Å². The van der Waals surface area contributed by atoms with Crippen LogP contribution in [-0.4, -0.2) is 14.6 Å². The third-order valence-corrected chi connectivity index (χ3v) is 2.63. The SMILES string of the molecule is O=c1c(O)cccn1-c1ccc([N+](=O)[O-])cc1Cl. The Labute approximate surface area is 106 Å². The molecule has 1 N–H and O–H groups in total. The van der Waals surface area contributed by atoms with Gasteiger partial charge in [0.05, 0.1) is 15.6 Å². The Bertz CT molecular complexity index is 681. The number of aromatic nitrogens is 1. The molecule has 0 radical (unpaired) electrons. The van der Waals surface area contributed by atoms with Gasteiger partial charge in [0.1, 0.15) is 0 Å². The number of halogens is 1. The van der Waals surface area contributed by atoms with Gasteiger partial charge in [-0.25, -0.2) is 0 Å². The number of nitro benzene ring substituents is 1. The van der Waals surface area contributed by atoms with Gasteiger partial charge in [-0.15, -0.1) is 0 Å². The highest BCUT2D eigenvalue weighted by Crippen LogP contribution is 2.24. The molecule has 1 aromatic carbocycles. The summed E-state index contributed by atoms with van der Waals surface area (Å²) in [6.45, 7) is 0. The number of benzene rings is 1. The lowest BCUT2D eigenvalue weighted by molar-refractivity contribution is -0.384. The van der Waals surface area contributed by atoms with Crippen molar-refractivity contribution in [3.05, 3.63) is 62.0 Å². The lowest BCUT2D eigenvalue weighted by atomic mass is 10.2. The van der Waals surface area contributed by atoms with Crippen LogP contribution in [0.2, 0.25) is 5.02 Å².